The first kappa shape index (κ1) is 12.3. The largest absolute Gasteiger partial charge is 0.390 e. The molecule has 0 unspecified atom stereocenters. The minimum absolute atomic E-state index is 0.0940. The number of β-amino-alcohol motifs (C(OH)–C–C–N with tert-alkyl or cyclic N) is 1. The number of rotatable bonds is 5. The Bertz CT molecular complexity index is 220. The number of aliphatic hydroxyl groups is 1. The summed E-state index contributed by atoms with van der Waals surface area (Å²) in [5.41, 5.74) is 0.172. The Balaban J connectivity index is 1.65. The third-order valence-electron chi connectivity index (χ3n) is 3.54. The second kappa shape index (κ2) is 5.00. The lowest BCUT2D eigenvalue weighted by Crippen LogP contribution is -2.58. The van der Waals surface area contributed by atoms with E-state index in [-0.39, 0.29) is 11.6 Å². The average Bonchev–Trinajstić information content (AvgIpc) is 2.62. The van der Waals surface area contributed by atoms with Crippen molar-refractivity contribution < 1.29 is 5.11 Å². The molecule has 94 valence electrons. The minimum atomic E-state index is -0.0940. The first-order valence-electron chi connectivity index (χ1n) is 6.43. The van der Waals surface area contributed by atoms with Crippen LogP contribution in [0.2, 0.25) is 0 Å². The highest BCUT2D eigenvalue weighted by Gasteiger charge is 2.27. The van der Waals surface area contributed by atoms with Gasteiger partial charge in [-0.05, 0) is 39.8 Å². The summed E-state index contributed by atoms with van der Waals surface area (Å²) in [6.07, 6.45) is 2.62. The zero-order valence-corrected chi connectivity index (χ0v) is 10.6. The van der Waals surface area contributed by atoms with Gasteiger partial charge in [-0.15, -0.1) is 0 Å². The fourth-order valence-corrected chi connectivity index (χ4v) is 2.55. The van der Waals surface area contributed by atoms with Gasteiger partial charge in [0.15, 0.2) is 0 Å². The smallest absolute Gasteiger partial charge is 0.0794 e. The zero-order chi connectivity index (χ0) is 11.6. The van der Waals surface area contributed by atoms with Gasteiger partial charge in [0.2, 0.25) is 0 Å². The Hall–Kier alpha value is -0.160. The fourth-order valence-electron chi connectivity index (χ4n) is 2.55. The van der Waals surface area contributed by atoms with Gasteiger partial charge in [-0.3, -0.25) is 10.2 Å². The summed E-state index contributed by atoms with van der Waals surface area (Å²) < 4.78 is 0. The van der Waals surface area contributed by atoms with Crippen molar-refractivity contribution in [3.63, 3.8) is 0 Å². The topological polar surface area (TPSA) is 38.7 Å². The number of aliphatic hydroxyl groups excluding tert-OH is 1. The van der Waals surface area contributed by atoms with E-state index in [0.29, 0.717) is 0 Å². The van der Waals surface area contributed by atoms with Gasteiger partial charge in [-0.25, -0.2) is 0 Å². The van der Waals surface area contributed by atoms with Crippen LogP contribution in [0.5, 0.6) is 0 Å². The lowest BCUT2D eigenvalue weighted by molar-refractivity contribution is -0.00802. The molecule has 0 bridgehead atoms. The van der Waals surface area contributed by atoms with E-state index in [1.165, 1.54) is 25.9 Å². The van der Waals surface area contributed by atoms with Crippen molar-refractivity contribution in [2.45, 2.75) is 38.3 Å². The number of nitrogens with zero attached hydrogens (tertiary/aromatic N) is 2. The van der Waals surface area contributed by atoms with E-state index < -0.39 is 0 Å². The predicted octanol–water partition coefficient (Wildman–Crippen LogP) is 0.0844. The molecule has 2 rings (SSSR count). The lowest BCUT2D eigenvalue weighted by atomic mass is 10.1. The Labute approximate surface area is 98.6 Å². The van der Waals surface area contributed by atoms with E-state index in [0.717, 1.165) is 26.3 Å². The Morgan fingerprint density at radius 2 is 1.81 bits per heavy atom. The van der Waals surface area contributed by atoms with Crippen molar-refractivity contribution in [1.29, 1.82) is 0 Å². The fraction of sp³-hybridized carbons (Fsp3) is 1.00. The van der Waals surface area contributed by atoms with Crippen molar-refractivity contribution in [3.05, 3.63) is 0 Å². The number of likely N-dealkylation sites (tertiary alicyclic amines) is 2. The molecule has 0 atom stereocenters. The molecule has 2 heterocycles. The Morgan fingerprint density at radius 1 is 1.19 bits per heavy atom. The molecule has 0 spiro atoms. The minimum Gasteiger partial charge on any atom is -0.390 e. The normalized spacial score (nSPS) is 24.9. The second-order valence-electron chi connectivity index (χ2n) is 5.89. The first-order chi connectivity index (χ1) is 7.55. The van der Waals surface area contributed by atoms with Crippen LogP contribution in [0.25, 0.3) is 0 Å². The molecule has 0 aliphatic carbocycles. The first-order valence-corrected chi connectivity index (χ1v) is 6.43. The quantitative estimate of drug-likeness (QED) is 0.698. The standard InChI is InChI=1S/C12H25N3O/c1-12(2,9-14-5-3-4-6-14)13-10-15-7-11(16)8-15/h11,13,16H,3-10H2,1-2H3. The van der Waals surface area contributed by atoms with E-state index in [4.69, 9.17) is 0 Å². The molecule has 0 amide bonds. The molecule has 0 aromatic rings. The maximum absolute atomic E-state index is 9.20. The molecular weight excluding hydrogens is 202 g/mol. The second-order valence-corrected chi connectivity index (χ2v) is 5.89. The molecule has 2 saturated heterocycles. The molecule has 0 radical (unpaired) electrons. The van der Waals surface area contributed by atoms with Crippen LogP contribution in [-0.4, -0.2) is 65.9 Å². The van der Waals surface area contributed by atoms with E-state index in [2.05, 4.69) is 29.0 Å². The van der Waals surface area contributed by atoms with Crippen LogP contribution in [0.1, 0.15) is 26.7 Å². The SMILES string of the molecule is CC(C)(CN1CCCC1)NCN1CC(O)C1. The molecule has 0 saturated carbocycles. The van der Waals surface area contributed by atoms with Gasteiger partial charge in [-0.2, -0.15) is 0 Å². The van der Waals surface area contributed by atoms with E-state index >= 15 is 0 Å². The monoisotopic (exact) mass is 227 g/mol. The highest BCUT2D eigenvalue weighted by Crippen LogP contribution is 2.13. The number of hydrogen-bond donors (Lipinski definition) is 2. The van der Waals surface area contributed by atoms with Gasteiger partial charge in [-0.1, -0.05) is 0 Å². The van der Waals surface area contributed by atoms with Crippen LogP contribution in [0.3, 0.4) is 0 Å². The third kappa shape index (κ3) is 3.42. The highest BCUT2D eigenvalue weighted by molar-refractivity contribution is 4.85. The number of nitrogens with one attached hydrogen (secondary N) is 1. The molecule has 2 fully saturated rings. The summed E-state index contributed by atoms with van der Waals surface area (Å²) in [6, 6.07) is 0. The maximum Gasteiger partial charge on any atom is 0.0794 e. The molecule has 0 aromatic heterocycles. The molecule has 4 heteroatoms. The number of hydrogen-bond acceptors (Lipinski definition) is 4. The van der Waals surface area contributed by atoms with Crippen molar-refractivity contribution in [3.8, 4) is 0 Å². The van der Waals surface area contributed by atoms with Crippen LogP contribution in [-0.2, 0) is 0 Å². The van der Waals surface area contributed by atoms with Gasteiger partial charge in [0.25, 0.3) is 0 Å². The van der Waals surface area contributed by atoms with Crippen LogP contribution < -0.4 is 5.32 Å². The average molecular weight is 227 g/mol. The van der Waals surface area contributed by atoms with Crippen LogP contribution in [0.15, 0.2) is 0 Å². The third-order valence-corrected chi connectivity index (χ3v) is 3.54. The Morgan fingerprint density at radius 3 is 2.38 bits per heavy atom. The van der Waals surface area contributed by atoms with Gasteiger partial charge in [0.1, 0.15) is 0 Å². The van der Waals surface area contributed by atoms with Crippen molar-refractivity contribution in [2.75, 3.05) is 39.4 Å². The molecule has 2 aliphatic rings. The molecule has 2 aliphatic heterocycles. The Kier molecular flexibility index (Phi) is 3.85. The predicted molar refractivity (Wildman–Crippen MR) is 65.3 cm³/mol. The maximum atomic E-state index is 9.20. The molecule has 0 aromatic carbocycles. The van der Waals surface area contributed by atoms with Gasteiger partial charge in [0.05, 0.1) is 6.10 Å². The van der Waals surface area contributed by atoms with Crippen LogP contribution in [0, 0.1) is 0 Å². The summed E-state index contributed by atoms with van der Waals surface area (Å²) in [5.74, 6) is 0. The lowest BCUT2D eigenvalue weighted by Gasteiger charge is -2.39. The van der Waals surface area contributed by atoms with E-state index in [9.17, 15) is 5.11 Å². The van der Waals surface area contributed by atoms with Crippen molar-refractivity contribution in [2.24, 2.45) is 0 Å². The van der Waals surface area contributed by atoms with Crippen molar-refractivity contribution >= 4 is 0 Å². The van der Waals surface area contributed by atoms with Gasteiger partial charge < -0.3 is 10.0 Å². The van der Waals surface area contributed by atoms with E-state index in [1.54, 1.807) is 0 Å². The summed E-state index contributed by atoms with van der Waals surface area (Å²) in [7, 11) is 0. The molecule has 4 nitrogen and oxygen atoms in total. The van der Waals surface area contributed by atoms with Crippen molar-refractivity contribution in [1.82, 2.24) is 15.1 Å². The molecular formula is C12H25N3O. The van der Waals surface area contributed by atoms with Gasteiger partial charge in [0, 0.05) is 31.8 Å². The summed E-state index contributed by atoms with van der Waals surface area (Å²) in [4.78, 5) is 4.79. The molecule has 16 heavy (non-hydrogen) atoms. The highest BCUT2D eigenvalue weighted by atomic mass is 16.3. The summed E-state index contributed by atoms with van der Waals surface area (Å²) in [5, 5.41) is 12.8. The van der Waals surface area contributed by atoms with Gasteiger partial charge >= 0.3 is 0 Å². The summed E-state index contributed by atoms with van der Waals surface area (Å²) >= 11 is 0. The molecule has 2 N–H and O–H groups in total. The van der Waals surface area contributed by atoms with Crippen LogP contribution >= 0.6 is 0 Å². The zero-order valence-electron chi connectivity index (χ0n) is 10.6. The van der Waals surface area contributed by atoms with Crippen LogP contribution in [0.4, 0.5) is 0 Å². The summed E-state index contributed by atoms with van der Waals surface area (Å²) in [6.45, 7) is 10.7. The van der Waals surface area contributed by atoms with E-state index in [1.807, 2.05) is 0 Å².